The number of phenolic OH excluding ortho intramolecular Hbond substituents is 1. The lowest BCUT2D eigenvalue weighted by molar-refractivity contribution is -0.153. The lowest BCUT2D eigenvalue weighted by atomic mass is 9.84. The van der Waals surface area contributed by atoms with E-state index in [0.29, 0.717) is 31.4 Å². The second kappa shape index (κ2) is 22.0. The molecule has 2 aliphatic heterocycles. The number of aromatic hydroxyl groups is 1. The lowest BCUT2D eigenvalue weighted by Gasteiger charge is -2.36. The minimum atomic E-state index is -1.37. The van der Waals surface area contributed by atoms with E-state index in [4.69, 9.17) is 4.74 Å². The number of ether oxygens (including phenoxy) is 1. The van der Waals surface area contributed by atoms with Crippen molar-refractivity contribution in [3.8, 4) is 5.75 Å². The van der Waals surface area contributed by atoms with Crippen molar-refractivity contribution in [3.05, 3.63) is 65.8 Å². The number of nitrogens with zero attached hydrogens (tertiary/aromatic N) is 1. The van der Waals surface area contributed by atoms with Gasteiger partial charge in [-0.05, 0) is 75.6 Å². The highest BCUT2D eigenvalue weighted by Crippen LogP contribution is 2.24. The van der Waals surface area contributed by atoms with Gasteiger partial charge in [0.1, 0.15) is 29.7 Å². The van der Waals surface area contributed by atoms with E-state index in [1.165, 1.54) is 26.0 Å². The standard InChI is InChI=1S/C41H62N4O10/c1-24(2)37-40(53)42-30(21-29-12-10-13-31(48)22-29)23-45-19-11-14-33(44-45)41(54)55-36(25(3)20-35(50)28(6)47)16-9-7-8-15-34(49)27(5)38(51)32(39(52)43-37)18-17-26(4)46/h7-10,12-13,15,20,22,24,27-28,30,32-38,44,47-51H,11,14,16-19,21,23H2,1-6H3,(H,42,53)(H,43,52). The van der Waals surface area contributed by atoms with Gasteiger partial charge < -0.3 is 45.7 Å². The molecule has 55 heavy (non-hydrogen) atoms. The molecular weight excluding hydrogens is 708 g/mol. The Balaban J connectivity index is 2.04. The van der Waals surface area contributed by atoms with Crippen LogP contribution in [-0.2, 0) is 30.3 Å². The monoisotopic (exact) mass is 770 g/mol. The first-order chi connectivity index (χ1) is 26.0. The number of ketones is 1. The Morgan fingerprint density at radius 2 is 1.78 bits per heavy atom. The van der Waals surface area contributed by atoms with Crippen molar-refractivity contribution in [2.75, 3.05) is 13.1 Å². The number of hydrazine groups is 1. The van der Waals surface area contributed by atoms with Gasteiger partial charge in [0.25, 0.3) is 0 Å². The molecule has 8 N–H and O–H groups in total. The number of esters is 1. The number of Topliss-reactive ketones (excluding diaryl/α,β-unsaturated/α-hetero) is 1. The molecule has 14 heteroatoms. The van der Waals surface area contributed by atoms with Gasteiger partial charge in [-0.1, -0.05) is 63.3 Å². The Hall–Kier alpha value is -3.92. The lowest BCUT2D eigenvalue weighted by Crippen LogP contribution is -2.60. The maximum Gasteiger partial charge on any atom is 0.325 e. The summed E-state index contributed by atoms with van der Waals surface area (Å²) in [6, 6.07) is 4.37. The Morgan fingerprint density at radius 1 is 1.05 bits per heavy atom. The first kappa shape index (κ1) is 45.5. The Kier molecular flexibility index (Phi) is 18.2. The first-order valence-corrected chi connectivity index (χ1v) is 19.3. The van der Waals surface area contributed by atoms with Crippen molar-refractivity contribution >= 4 is 23.6 Å². The highest BCUT2D eigenvalue weighted by molar-refractivity contribution is 5.89. The molecule has 11 atom stereocenters. The zero-order valence-electron chi connectivity index (χ0n) is 32.9. The molecule has 1 aromatic carbocycles. The van der Waals surface area contributed by atoms with Crippen molar-refractivity contribution in [2.24, 2.45) is 17.8 Å². The van der Waals surface area contributed by atoms with Crippen LogP contribution in [0.2, 0.25) is 0 Å². The summed E-state index contributed by atoms with van der Waals surface area (Å²) in [4.78, 5) is 53.5. The number of cyclic esters (lactones) is 1. The molecule has 0 spiro atoms. The molecule has 0 radical (unpaired) electrons. The van der Waals surface area contributed by atoms with E-state index >= 15 is 0 Å². The van der Waals surface area contributed by atoms with Gasteiger partial charge in [0.15, 0.2) is 0 Å². The van der Waals surface area contributed by atoms with Crippen LogP contribution in [0.1, 0.15) is 79.2 Å². The number of amides is 2. The summed E-state index contributed by atoms with van der Waals surface area (Å²) >= 11 is 0. The smallest absolute Gasteiger partial charge is 0.325 e. The van der Waals surface area contributed by atoms with Gasteiger partial charge in [0.2, 0.25) is 11.8 Å². The molecule has 2 heterocycles. The van der Waals surface area contributed by atoms with Gasteiger partial charge in [0, 0.05) is 37.9 Å². The van der Waals surface area contributed by atoms with E-state index in [-0.39, 0.29) is 43.3 Å². The molecule has 1 fully saturated rings. The van der Waals surface area contributed by atoms with Gasteiger partial charge in [0.05, 0.1) is 30.3 Å². The fourth-order valence-electron chi connectivity index (χ4n) is 6.72. The average Bonchev–Trinajstić information content (AvgIpc) is 3.11. The number of allylic oxidation sites excluding steroid dienone is 2. The second-order valence-corrected chi connectivity index (χ2v) is 15.4. The van der Waals surface area contributed by atoms with Crippen LogP contribution in [0.3, 0.4) is 0 Å². The number of aliphatic hydroxyl groups excluding tert-OH is 4. The molecule has 1 saturated heterocycles. The van der Waals surface area contributed by atoms with Crippen molar-refractivity contribution in [1.82, 2.24) is 21.1 Å². The molecular formula is C41H62N4O10. The number of rotatable bonds is 9. The average molecular weight is 771 g/mol. The van der Waals surface area contributed by atoms with Crippen LogP contribution in [0.15, 0.2) is 60.2 Å². The molecule has 0 saturated carbocycles. The summed E-state index contributed by atoms with van der Waals surface area (Å²) in [5, 5.41) is 60.6. The van der Waals surface area contributed by atoms with E-state index in [1.807, 2.05) is 11.1 Å². The minimum absolute atomic E-state index is 0.00804. The predicted octanol–water partition coefficient (Wildman–Crippen LogP) is 1.99. The number of carbonyl (C=O) groups excluding carboxylic acids is 4. The Bertz CT molecular complexity index is 1530. The topological polar surface area (TPSA) is 218 Å². The van der Waals surface area contributed by atoms with Crippen LogP contribution in [0, 0.1) is 17.8 Å². The van der Waals surface area contributed by atoms with Gasteiger partial charge in [-0.2, -0.15) is 0 Å². The Morgan fingerprint density at radius 3 is 2.44 bits per heavy atom. The Labute approximate surface area is 324 Å². The van der Waals surface area contributed by atoms with E-state index in [1.54, 1.807) is 64.1 Å². The SMILES string of the molecule is CC(=O)CCC1C(=O)NC(C(C)C)C(=O)NC(Cc2cccc(O)c2)CN2CCCC(N2)C(=O)OC(C(C)=CC(O)C(C)O)CC=CC=CC(O)C(C)C1O. The number of hydrogen-bond acceptors (Lipinski definition) is 12. The van der Waals surface area contributed by atoms with E-state index in [9.17, 15) is 44.7 Å². The highest BCUT2D eigenvalue weighted by atomic mass is 16.5. The van der Waals surface area contributed by atoms with E-state index in [2.05, 4.69) is 16.1 Å². The third-order valence-corrected chi connectivity index (χ3v) is 10.2. The third-order valence-electron chi connectivity index (χ3n) is 10.2. The molecule has 2 bridgehead atoms. The largest absolute Gasteiger partial charge is 0.508 e. The molecule has 0 aliphatic carbocycles. The molecule has 11 unspecified atom stereocenters. The van der Waals surface area contributed by atoms with Crippen LogP contribution in [0.4, 0.5) is 0 Å². The summed E-state index contributed by atoms with van der Waals surface area (Å²) in [6.45, 7) is 10.5. The fourth-order valence-corrected chi connectivity index (χ4v) is 6.72. The van der Waals surface area contributed by atoms with Crippen molar-refractivity contribution < 1.29 is 49.4 Å². The number of benzene rings is 1. The quantitative estimate of drug-likeness (QED) is 0.134. The van der Waals surface area contributed by atoms with E-state index < -0.39 is 78.3 Å². The van der Waals surface area contributed by atoms with Crippen LogP contribution in [0.25, 0.3) is 0 Å². The van der Waals surface area contributed by atoms with E-state index in [0.717, 1.165) is 5.56 Å². The van der Waals surface area contributed by atoms with Gasteiger partial charge in [-0.25, -0.2) is 10.4 Å². The summed E-state index contributed by atoms with van der Waals surface area (Å²) in [6.07, 6.45) is 3.91. The number of carbonyl (C=O) groups is 4. The summed E-state index contributed by atoms with van der Waals surface area (Å²) < 4.78 is 5.99. The summed E-state index contributed by atoms with van der Waals surface area (Å²) in [5.41, 5.74) is 4.52. The summed E-state index contributed by atoms with van der Waals surface area (Å²) in [7, 11) is 0. The number of hydrogen-bond donors (Lipinski definition) is 8. The first-order valence-electron chi connectivity index (χ1n) is 19.3. The molecule has 3 rings (SSSR count). The van der Waals surface area contributed by atoms with Crippen LogP contribution < -0.4 is 16.1 Å². The molecule has 306 valence electrons. The maximum absolute atomic E-state index is 14.0. The van der Waals surface area contributed by atoms with Crippen molar-refractivity contribution in [1.29, 1.82) is 0 Å². The molecule has 1 aromatic rings. The summed E-state index contributed by atoms with van der Waals surface area (Å²) in [5.74, 6) is -4.05. The van der Waals surface area contributed by atoms with Crippen molar-refractivity contribution in [2.45, 2.75) is 129 Å². The van der Waals surface area contributed by atoms with Gasteiger partial charge in [-0.3, -0.25) is 14.4 Å². The second-order valence-electron chi connectivity index (χ2n) is 15.4. The third kappa shape index (κ3) is 14.6. The molecule has 2 aliphatic rings. The van der Waals surface area contributed by atoms with Crippen LogP contribution >= 0.6 is 0 Å². The minimum Gasteiger partial charge on any atom is -0.508 e. The number of nitrogens with one attached hydrogen (secondary N) is 3. The van der Waals surface area contributed by atoms with Crippen molar-refractivity contribution in [3.63, 3.8) is 0 Å². The number of fused-ring (bicyclic) bond motifs is 2. The van der Waals surface area contributed by atoms with Crippen LogP contribution in [-0.4, -0.2) is 116 Å². The van der Waals surface area contributed by atoms with Gasteiger partial charge >= 0.3 is 5.97 Å². The number of aliphatic hydroxyl groups is 4. The zero-order valence-corrected chi connectivity index (χ0v) is 32.9. The normalized spacial score (nSPS) is 30.6. The molecule has 2 amide bonds. The molecule has 0 aromatic heterocycles. The van der Waals surface area contributed by atoms with Crippen LogP contribution in [0.5, 0.6) is 5.75 Å². The van der Waals surface area contributed by atoms with Gasteiger partial charge in [-0.15, -0.1) is 0 Å². The number of phenols is 1. The highest BCUT2D eigenvalue weighted by Gasteiger charge is 2.37. The fraction of sp³-hybridized carbons (Fsp3) is 0.610. The predicted molar refractivity (Wildman–Crippen MR) is 207 cm³/mol. The molecule has 14 nitrogen and oxygen atoms in total. The maximum atomic E-state index is 14.0. The zero-order chi connectivity index (χ0) is 40.8.